The summed E-state index contributed by atoms with van der Waals surface area (Å²) >= 11 is 0. The Labute approximate surface area is 212 Å². The smallest absolute Gasteiger partial charge is 0.409 e. The van der Waals surface area contributed by atoms with Crippen LogP contribution in [0.25, 0.3) is 0 Å². The second kappa shape index (κ2) is 11.6. The Morgan fingerprint density at radius 3 is 2.58 bits per heavy atom. The number of hydrogen-bond acceptors (Lipinski definition) is 7. The molecular weight excluding hydrogens is 456 g/mol. The summed E-state index contributed by atoms with van der Waals surface area (Å²) in [5.74, 6) is 0.590. The number of primary amides is 1. The zero-order valence-corrected chi connectivity index (χ0v) is 20.9. The molecule has 36 heavy (non-hydrogen) atoms. The second-order valence-corrected chi connectivity index (χ2v) is 9.03. The fourth-order valence-corrected chi connectivity index (χ4v) is 4.37. The summed E-state index contributed by atoms with van der Waals surface area (Å²) in [6.07, 6.45) is 8.80. The highest BCUT2D eigenvalue weighted by molar-refractivity contribution is 5.98. The van der Waals surface area contributed by atoms with Crippen LogP contribution in [-0.4, -0.2) is 61.2 Å². The van der Waals surface area contributed by atoms with Crippen LogP contribution in [0.1, 0.15) is 30.6 Å². The van der Waals surface area contributed by atoms with E-state index in [1.165, 1.54) is 11.8 Å². The summed E-state index contributed by atoms with van der Waals surface area (Å²) in [4.78, 5) is 32.2. The number of allylic oxidation sites excluding steroid dienone is 2. The number of nitrogens with one attached hydrogen (secondary N) is 2. The van der Waals surface area contributed by atoms with Gasteiger partial charge in [0.1, 0.15) is 5.82 Å². The summed E-state index contributed by atoms with van der Waals surface area (Å²) in [7, 11) is 0. The molecular formula is C27H34N6O3. The number of benzene rings is 1. The Kier molecular flexibility index (Phi) is 8.10. The molecule has 9 nitrogen and oxygen atoms in total. The number of ether oxygens (including phenoxy) is 1. The number of pyridine rings is 1. The lowest BCUT2D eigenvalue weighted by atomic mass is 9.98. The lowest BCUT2D eigenvalue weighted by Gasteiger charge is -2.35. The molecule has 9 heteroatoms. The van der Waals surface area contributed by atoms with Gasteiger partial charge in [0.15, 0.2) is 0 Å². The molecule has 2 amide bonds. The lowest BCUT2D eigenvalue weighted by molar-refractivity contribution is 0.0999. The monoisotopic (exact) mass is 490 g/mol. The molecule has 1 saturated heterocycles. The van der Waals surface area contributed by atoms with Crippen molar-refractivity contribution in [2.75, 3.05) is 54.9 Å². The molecule has 0 saturated carbocycles. The Hall–Kier alpha value is -4.01. The maximum absolute atomic E-state index is 11.9. The molecule has 1 aromatic heterocycles. The zero-order valence-electron chi connectivity index (χ0n) is 20.9. The van der Waals surface area contributed by atoms with Gasteiger partial charge in [-0.05, 0) is 49.1 Å². The predicted octanol–water partition coefficient (Wildman–Crippen LogP) is 4.14. The minimum atomic E-state index is -0.523. The maximum atomic E-state index is 11.9. The molecule has 4 rings (SSSR count). The van der Waals surface area contributed by atoms with Gasteiger partial charge in [-0.1, -0.05) is 25.2 Å². The van der Waals surface area contributed by atoms with Gasteiger partial charge in [-0.15, -0.1) is 0 Å². The minimum Gasteiger partial charge on any atom is -0.450 e. The van der Waals surface area contributed by atoms with E-state index in [1.807, 2.05) is 31.2 Å². The quantitative estimate of drug-likeness (QED) is 0.510. The zero-order chi connectivity index (χ0) is 25.5. The normalized spacial score (nSPS) is 17.4. The topological polar surface area (TPSA) is 113 Å². The third-order valence-corrected chi connectivity index (χ3v) is 6.30. The molecule has 2 aliphatic rings. The van der Waals surface area contributed by atoms with Crippen molar-refractivity contribution in [1.82, 2.24) is 9.88 Å². The molecule has 0 bridgehead atoms. The summed E-state index contributed by atoms with van der Waals surface area (Å²) < 4.78 is 5.09. The number of amides is 2. The molecule has 1 unspecified atom stereocenters. The van der Waals surface area contributed by atoms with Crippen LogP contribution in [0, 0.1) is 5.92 Å². The van der Waals surface area contributed by atoms with E-state index in [0.717, 1.165) is 30.9 Å². The van der Waals surface area contributed by atoms with Crippen LogP contribution >= 0.6 is 0 Å². The number of nitrogens with two attached hydrogens (primary N) is 1. The maximum Gasteiger partial charge on any atom is 0.409 e. The Balaban J connectivity index is 1.38. The first kappa shape index (κ1) is 25.1. The number of nitrogens with zero attached hydrogens (tertiary/aromatic N) is 3. The van der Waals surface area contributed by atoms with Gasteiger partial charge in [0.2, 0.25) is 0 Å². The number of carbonyl (C=O) groups excluding carboxylic acids is 2. The van der Waals surface area contributed by atoms with Gasteiger partial charge in [-0.3, -0.25) is 4.79 Å². The van der Waals surface area contributed by atoms with E-state index in [0.29, 0.717) is 49.2 Å². The molecule has 0 radical (unpaired) electrons. The summed E-state index contributed by atoms with van der Waals surface area (Å²) in [5, 5.41) is 6.64. The molecule has 2 heterocycles. The Bertz CT molecular complexity index is 1140. The van der Waals surface area contributed by atoms with E-state index >= 15 is 0 Å². The number of carbonyl (C=O) groups is 2. The standard InChI is InChI=1S/C27H34N6O3/c1-3-36-27(35)33-13-11-32(12-14-33)22-9-7-21(8-10-22)31-25-16-24(23(18-30-25)26(28)34)29-17-20-6-4-5-19(2)15-20/h4,6-10,15-16,18-19H,3,5,11-14,17H2,1-2H3,(H2,28,34)(H2,29,30,31). The van der Waals surface area contributed by atoms with Crippen LogP contribution < -0.4 is 21.3 Å². The van der Waals surface area contributed by atoms with Crippen LogP contribution in [0.15, 0.2) is 60.3 Å². The molecule has 0 spiro atoms. The number of anilines is 4. The van der Waals surface area contributed by atoms with Gasteiger partial charge in [0, 0.05) is 56.4 Å². The number of piperazine rings is 1. The van der Waals surface area contributed by atoms with E-state index in [2.05, 4.69) is 45.7 Å². The third kappa shape index (κ3) is 6.35. The van der Waals surface area contributed by atoms with E-state index in [4.69, 9.17) is 10.5 Å². The summed E-state index contributed by atoms with van der Waals surface area (Å²) in [6, 6.07) is 9.87. The van der Waals surface area contributed by atoms with Crippen LogP contribution in [-0.2, 0) is 4.74 Å². The molecule has 190 valence electrons. The average Bonchev–Trinajstić information content (AvgIpc) is 2.88. The van der Waals surface area contributed by atoms with Crippen molar-refractivity contribution < 1.29 is 14.3 Å². The molecule has 1 aliphatic heterocycles. The van der Waals surface area contributed by atoms with E-state index in [9.17, 15) is 9.59 Å². The first-order valence-electron chi connectivity index (χ1n) is 12.4. The first-order valence-corrected chi connectivity index (χ1v) is 12.4. The van der Waals surface area contributed by atoms with Gasteiger partial charge >= 0.3 is 6.09 Å². The first-order chi connectivity index (χ1) is 17.4. The van der Waals surface area contributed by atoms with Crippen molar-refractivity contribution >= 4 is 34.9 Å². The van der Waals surface area contributed by atoms with Crippen LogP contribution in [0.2, 0.25) is 0 Å². The van der Waals surface area contributed by atoms with E-state index < -0.39 is 5.91 Å². The lowest BCUT2D eigenvalue weighted by Crippen LogP contribution is -2.49. The van der Waals surface area contributed by atoms with Crippen LogP contribution in [0.4, 0.5) is 27.7 Å². The van der Waals surface area contributed by atoms with E-state index in [1.54, 1.807) is 11.0 Å². The molecule has 1 aromatic carbocycles. The summed E-state index contributed by atoms with van der Waals surface area (Å²) in [5.41, 5.74) is 9.71. The minimum absolute atomic E-state index is 0.248. The molecule has 2 aromatic rings. The third-order valence-electron chi connectivity index (χ3n) is 6.30. The highest BCUT2D eigenvalue weighted by Gasteiger charge is 2.22. The van der Waals surface area contributed by atoms with Crippen molar-refractivity contribution in [2.24, 2.45) is 11.7 Å². The number of rotatable bonds is 8. The van der Waals surface area contributed by atoms with Crippen molar-refractivity contribution in [3.63, 3.8) is 0 Å². The van der Waals surface area contributed by atoms with Gasteiger partial charge < -0.3 is 30.9 Å². The van der Waals surface area contributed by atoms with Crippen LogP contribution in [0.5, 0.6) is 0 Å². The van der Waals surface area contributed by atoms with Gasteiger partial charge in [-0.25, -0.2) is 9.78 Å². The average molecular weight is 491 g/mol. The van der Waals surface area contributed by atoms with Crippen LogP contribution in [0.3, 0.4) is 0 Å². The van der Waals surface area contributed by atoms with Gasteiger partial charge in [0.05, 0.1) is 17.9 Å². The Morgan fingerprint density at radius 1 is 1.17 bits per heavy atom. The molecule has 1 fully saturated rings. The highest BCUT2D eigenvalue weighted by Crippen LogP contribution is 2.25. The highest BCUT2D eigenvalue weighted by atomic mass is 16.6. The van der Waals surface area contributed by atoms with Crippen molar-refractivity contribution in [2.45, 2.75) is 20.3 Å². The summed E-state index contributed by atoms with van der Waals surface area (Å²) in [6.45, 7) is 7.76. The fraction of sp³-hybridized carbons (Fsp3) is 0.370. The molecule has 1 aliphatic carbocycles. The number of hydrogen-bond donors (Lipinski definition) is 3. The van der Waals surface area contributed by atoms with Crippen molar-refractivity contribution in [3.8, 4) is 0 Å². The van der Waals surface area contributed by atoms with Gasteiger partial charge in [0.25, 0.3) is 5.91 Å². The number of aromatic nitrogens is 1. The van der Waals surface area contributed by atoms with E-state index in [-0.39, 0.29) is 6.09 Å². The largest absolute Gasteiger partial charge is 0.450 e. The van der Waals surface area contributed by atoms with Crippen molar-refractivity contribution in [1.29, 1.82) is 0 Å². The predicted molar refractivity (Wildman–Crippen MR) is 143 cm³/mol. The Morgan fingerprint density at radius 2 is 1.92 bits per heavy atom. The fourth-order valence-electron chi connectivity index (χ4n) is 4.37. The second-order valence-electron chi connectivity index (χ2n) is 9.03. The SMILES string of the molecule is CCOC(=O)N1CCN(c2ccc(Nc3cc(NCC4=CC(C)CC=C4)c(C(N)=O)cn3)cc2)CC1. The molecule has 1 atom stereocenters. The van der Waals surface area contributed by atoms with Crippen molar-refractivity contribution in [3.05, 3.63) is 65.9 Å². The molecule has 4 N–H and O–H groups in total. The van der Waals surface area contributed by atoms with Gasteiger partial charge in [-0.2, -0.15) is 0 Å².